The summed E-state index contributed by atoms with van der Waals surface area (Å²) < 4.78 is 5.24. The zero-order valence-electron chi connectivity index (χ0n) is 9.81. The molecular formula is C12H15ClN2O2. The molecule has 0 aliphatic carbocycles. The fraction of sp³-hybridized carbons (Fsp3) is 0.333. The summed E-state index contributed by atoms with van der Waals surface area (Å²) in [6.45, 7) is 3.87. The van der Waals surface area contributed by atoms with Gasteiger partial charge in [-0.25, -0.2) is 5.43 Å². The van der Waals surface area contributed by atoms with Crippen LogP contribution >= 0.6 is 11.6 Å². The molecule has 17 heavy (non-hydrogen) atoms. The Morgan fingerprint density at radius 2 is 2.12 bits per heavy atom. The van der Waals surface area contributed by atoms with E-state index in [1.165, 1.54) is 0 Å². The third-order valence-corrected chi connectivity index (χ3v) is 2.00. The van der Waals surface area contributed by atoms with Gasteiger partial charge in [0.1, 0.15) is 5.75 Å². The number of carbonyl (C=O) groups is 1. The lowest BCUT2D eigenvalue weighted by molar-refractivity contribution is -0.123. The number of hydrazone groups is 1. The quantitative estimate of drug-likeness (QED) is 0.648. The Morgan fingerprint density at radius 3 is 2.71 bits per heavy atom. The Balaban J connectivity index is 2.31. The number of ether oxygens (including phenoxy) is 1. The minimum absolute atomic E-state index is 0.0724. The number of benzene rings is 1. The first-order chi connectivity index (χ1) is 8.08. The maximum atomic E-state index is 11.3. The van der Waals surface area contributed by atoms with Crippen molar-refractivity contribution in [2.75, 3.05) is 6.61 Å². The van der Waals surface area contributed by atoms with Crippen molar-refractivity contribution in [1.29, 1.82) is 0 Å². The van der Waals surface area contributed by atoms with E-state index >= 15 is 0 Å². The van der Waals surface area contributed by atoms with E-state index in [1.54, 1.807) is 30.5 Å². The van der Waals surface area contributed by atoms with Gasteiger partial charge in [-0.05, 0) is 30.2 Å². The maximum absolute atomic E-state index is 11.3. The second-order valence-electron chi connectivity index (χ2n) is 3.80. The van der Waals surface area contributed by atoms with E-state index in [1.807, 2.05) is 13.8 Å². The molecule has 1 amide bonds. The molecule has 0 spiro atoms. The zero-order valence-corrected chi connectivity index (χ0v) is 10.6. The Hall–Kier alpha value is -1.55. The molecular weight excluding hydrogens is 240 g/mol. The average Bonchev–Trinajstić information content (AvgIpc) is 2.28. The number of nitrogens with zero attached hydrogens (tertiary/aromatic N) is 1. The largest absolute Gasteiger partial charge is 0.484 e. The van der Waals surface area contributed by atoms with Gasteiger partial charge >= 0.3 is 0 Å². The Morgan fingerprint density at radius 1 is 1.47 bits per heavy atom. The number of carbonyl (C=O) groups excluding carboxylic acids is 1. The third-order valence-electron chi connectivity index (χ3n) is 1.75. The van der Waals surface area contributed by atoms with Gasteiger partial charge in [0.15, 0.2) is 6.61 Å². The van der Waals surface area contributed by atoms with E-state index in [4.69, 9.17) is 16.3 Å². The van der Waals surface area contributed by atoms with Crippen molar-refractivity contribution in [3.63, 3.8) is 0 Å². The lowest BCUT2D eigenvalue weighted by Crippen LogP contribution is -2.24. The van der Waals surface area contributed by atoms with E-state index < -0.39 is 0 Å². The summed E-state index contributed by atoms with van der Waals surface area (Å²) in [6.07, 6.45) is 1.65. The van der Waals surface area contributed by atoms with Crippen molar-refractivity contribution in [2.24, 2.45) is 11.0 Å². The van der Waals surface area contributed by atoms with Crippen molar-refractivity contribution in [2.45, 2.75) is 13.8 Å². The molecule has 0 bridgehead atoms. The van der Waals surface area contributed by atoms with Crippen LogP contribution < -0.4 is 10.2 Å². The summed E-state index contributed by atoms with van der Waals surface area (Å²) in [5.41, 5.74) is 2.38. The molecule has 0 atom stereocenters. The number of hydrogen-bond acceptors (Lipinski definition) is 3. The van der Waals surface area contributed by atoms with E-state index in [9.17, 15) is 4.79 Å². The van der Waals surface area contributed by atoms with Crippen LogP contribution in [-0.2, 0) is 4.79 Å². The molecule has 0 fully saturated rings. The predicted molar refractivity (Wildman–Crippen MR) is 68.4 cm³/mol. The monoisotopic (exact) mass is 254 g/mol. The average molecular weight is 255 g/mol. The van der Waals surface area contributed by atoms with E-state index in [2.05, 4.69) is 10.5 Å². The highest BCUT2D eigenvalue weighted by atomic mass is 35.5. The highest BCUT2D eigenvalue weighted by Gasteiger charge is 2.01. The van der Waals surface area contributed by atoms with Crippen LogP contribution in [-0.4, -0.2) is 18.7 Å². The molecule has 92 valence electrons. The minimum atomic E-state index is -0.295. The number of halogens is 1. The van der Waals surface area contributed by atoms with E-state index in [0.717, 1.165) is 0 Å². The van der Waals surface area contributed by atoms with Crippen LogP contribution in [0.3, 0.4) is 0 Å². The first-order valence-electron chi connectivity index (χ1n) is 5.28. The van der Waals surface area contributed by atoms with Crippen LogP contribution in [0.15, 0.2) is 29.4 Å². The number of hydrogen-bond donors (Lipinski definition) is 1. The summed E-state index contributed by atoms with van der Waals surface area (Å²) in [5.74, 6) is 0.599. The number of amides is 1. The van der Waals surface area contributed by atoms with Crippen LogP contribution in [0.4, 0.5) is 0 Å². The molecule has 0 radical (unpaired) electrons. The molecule has 0 saturated carbocycles. The molecule has 1 rings (SSSR count). The molecule has 1 aromatic carbocycles. The summed E-state index contributed by atoms with van der Waals surface area (Å²) in [4.78, 5) is 11.3. The van der Waals surface area contributed by atoms with Gasteiger partial charge in [0.2, 0.25) is 0 Å². The van der Waals surface area contributed by atoms with Gasteiger partial charge in [0, 0.05) is 11.2 Å². The Kier molecular flexibility index (Phi) is 5.49. The predicted octanol–water partition coefficient (Wildman–Crippen LogP) is 2.48. The van der Waals surface area contributed by atoms with Crippen molar-refractivity contribution in [1.82, 2.24) is 5.43 Å². The second-order valence-corrected chi connectivity index (χ2v) is 4.24. The van der Waals surface area contributed by atoms with Crippen molar-refractivity contribution >= 4 is 23.7 Å². The van der Waals surface area contributed by atoms with Crippen molar-refractivity contribution in [3.8, 4) is 5.75 Å². The molecule has 1 aromatic rings. The van der Waals surface area contributed by atoms with Gasteiger partial charge in [0.05, 0.1) is 0 Å². The standard InChI is InChI=1S/C12H15ClN2O2/c1-9(2)7-14-15-12(16)8-17-11-5-3-10(13)4-6-11/h3-7,9H,8H2,1-2H3,(H,15,16)/b14-7+. The van der Waals surface area contributed by atoms with Gasteiger partial charge in [-0.2, -0.15) is 5.10 Å². The Bertz CT molecular complexity index is 388. The van der Waals surface area contributed by atoms with Crippen LogP contribution in [0.25, 0.3) is 0 Å². The molecule has 4 nitrogen and oxygen atoms in total. The van der Waals surface area contributed by atoms with Gasteiger partial charge in [0.25, 0.3) is 5.91 Å². The Labute approximate surface area is 106 Å². The zero-order chi connectivity index (χ0) is 12.7. The normalized spacial score (nSPS) is 10.8. The molecule has 0 saturated heterocycles. The van der Waals surface area contributed by atoms with Crippen LogP contribution in [0.1, 0.15) is 13.8 Å². The lowest BCUT2D eigenvalue weighted by Gasteiger charge is -2.04. The highest BCUT2D eigenvalue weighted by molar-refractivity contribution is 6.30. The summed E-state index contributed by atoms with van der Waals surface area (Å²) in [6, 6.07) is 6.80. The second kappa shape index (κ2) is 6.91. The molecule has 1 N–H and O–H groups in total. The summed E-state index contributed by atoms with van der Waals surface area (Å²) in [5, 5.41) is 4.40. The summed E-state index contributed by atoms with van der Waals surface area (Å²) in [7, 11) is 0. The number of rotatable bonds is 5. The first-order valence-corrected chi connectivity index (χ1v) is 5.66. The van der Waals surface area contributed by atoms with Crippen molar-refractivity contribution in [3.05, 3.63) is 29.3 Å². The van der Waals surface area contributed by atoms with E-state index in [-0.39, 0.29) is 12.5 Å². The van der Waals surface area contributed by atoms with Gasteiger partial charge in [-0.3, -0.25) is 4.79 Å². The summed E-state index contributed by atoms with van der Waals surface area (Å²) >= 11 is 5.72. The molecule has 0 unspecified atom stereocenters. The van der Waals surface area contributed by atoms with Crippen LogP contribution in [0.2, 0.25) is 5.02 Å². The number of nitrogens with one attached hydrogen (secondary N) is 1. The molecule has 5 heteroatoms. The maximum Gasteiger partial charge on any atom is 0.277 e. The smallest absolute Gasteiger partial charge is 0.277 e. The van der Waals surface area contributed by atoms with Crippen molar-refractivity contribution < 1.29 is 9.53 Å². The van der Waals surface area contributed by atoms with Gasteiger partial charge < -0.3 is 4.74 Å². The van der Waals surface area contributed by atoms with Crippen LogP contribution in [0, 0.1) is 5.92 Å². The first kappa shape index (κ1) is 13.5. The third kappa shape index (κ3) is 5.92. The van der Waals surface area contributed by atoms with Gasteiger partial charge in [-0.15, -0.1) is 0 Å². The molecule has 0 aromatic heterocycles. The highest BCUT2D eigenvalue weighted by Crippen LogP contribution is 2.15. The lowest BCUT2D eigenvalue weighted by atomic mass is 10.3. The molecule has 0 heterocycles. The fourth-order valence-corrected chi connectivity index (χ4v) is 1.10. The fourth-order valence-electron chi connectivity index (χ4n) is 0.970. The van der Waals surface area contributed by atoms with Crippen LogP contribution in [0.5, 0.6) is 5.75 Å². The topological polar surface area (TPSA) is 50.7 Å². The van der Waals surface area contributed by atoms with Gasteiger partial charge in [-0.1, -0.05) is 25.4 Å². The molecule has 0 aliphatic heterocycles. The minimum Gasteiger partial charge on any atom is -0.484 e. The van der Waals surface area contributed by atoms with E-state index in [0.29, 0.717) is 16.7 Å². The molecule has 0 aliphatic rings. The SMILES string of the molecule is CC(C)/C=N/NC(=O)COc1ccc(Cl)cc1.